The third-order valence-electron chi connectivity index (χ3n) is 4.39. The lowest BCUT2D eigenvalue weighted by molar-refractivity contribution is 0.586. The molecule has 146 valence electrons. The first-order chi connectivity index (χ1) is 13.9. The first-order valence-electron chi connectivity index (χ1n) is 8.80. The quantitative estimate of drug-likeness (QED) is 0.458. The number of benzene rings is 3. The number of halogens is 1. The van der Waals surface area contributed by atoms with Gasteiger partial charge in [0.1, 0.15) is 0 Å². The Bertz CT molecular complexity index is 1290. The SMILES string of the molecule is Cc1ccccc1S(=O)(=O)NNc1nc(-c2ccccc2)c2ccc(Cl)cc2n1. The van der Waals surface area contributed by atoms with Crippen molar-refractivity contribution in [1.82, 2.24) is 14.8 Å². The van der Waals surface area contributed by atoms with E-state index in [4.69, 9.17) is 11.6 Å². The minimum atomic E-state index is -3.80. The highest BCUT2D eigenvalue weighted by molar-refractivity contribution is 7.89. The standard InChI is InChI=1S/C21H17ClN4O2S/c1-14-7-5-6-10-19(14)29(27,28)26-25-21-23-18-13-16(22)11-12-17(18)20(24-21)15-8-3-2-4-9-15/h2-13,26H,1H3,(H,23,24,25). The molecular formula is C21H17ClN4O2S. The minimum Gasteiger partial charge on any atom is -0.276 e. The molecule has 4 aromatic rings. The van der Waals surface area contributed by atoms with Crippen molar-refractivity contribution in [3.63, 3.8) is 0 Å². The number of hydrogen-bond acceptors (Lipinski definition) is 5. The monoisotopic (exact) mass is 424 g/mol. The van der Waals surface area contributed by atoms with Crippen LogP contribution in [0.5, 0.6) is 0 Å². The van der Waals surface area contributed by atoms with E-state index in [1.807, 2.05) is 36.4 Å². The lowest BCUT2D eigenvalue weighted by Crippen LogP contribution is -2.31. The summed E-state index contributed by atoms with van der Waals surface area (Å²) in [5.41, 5.74) is 5.42. The maximum Gasteiger partial charge on any atom is 0.257 e. The van der Waals surface area contributed by atoms with E-state index in [9.17, 15) is 8.42 Å². The Morgan fingerprint density at radius 1 is 0.897 bits per heavy atom. The van der Waals surface area contributed by atoms with Crippen LogP contribution in [0.15, 0.2) is 77.7 Å². The normalized spacial score (nSPS) is 11.5. The van der Waals surface area contributed by atoms with Crippen LogP contribution in [0.2, 0.25) is 5.02 Å². The molecule has 0 aliphatic heterocycles. The lowest BCUT2D eigenvalue weighted by Gasteiger charge is -2.12. The molecule has 1 heterocycles. The fourth-order valence-corrected chi connectivity index (χ4v) is 4.25. The molecule has 0 saturated heterocycles. The molecule has 0 bridgehead atoms. The fourth-order valence-electron chi connectivity index (χ4n) is 3.00. The second-order valence-corrected chi connectivity index (χ2v) is 8.51. The number of aromatic nitrogens is 2. The van der Waals surface area contributed by atoms with Crippen LogP contribution < -0.4 is 10.3 Å². The summed E-state index contributed by atoms with van der Waals surface area (Å²) in [6.45, 7) is 1.73. The van der Waals surface area contributed by atoms with Gasteiger partial charge in [-0.1, -0.05) is 60.1 Å². The Morgan fingerprint density at radius 2 is 1.62 bits per heavy atom. The fraction of sp³-hybridized carbons (Fsp3) is 0.0476. The van der Waals surface area contributed by atoms with Crippen LogP contribution >= 0.6 is 11.6 Å². The molecule has 0 unspecified atom stereocenters. The topological polar surface area (TPSA) is 84.0 Å². The van der Waals surface area contributed by atoms with Crippen LogP contribution in [0.3, 0.4) is 0 Å². The van der Waals surface area contributed by atoms with Crippen molar-refractivity contribution in [1.29, 1.82) is 0 Å². The number of sulfonamides is 1. The first kappa shape index (κ1) is 19.3. The summed E-state index contributed by atoms with van der Waals surface area (Å²) in [7, 11) is -3.80. The van der Waals surface area contributed by atoms with Crippen LogP contribution in [-0.2, 0) is 10.0 Å². The molecule has 0 radical (unpaired) electrons. The number of hydrazine groups is 1. The van der Waals surface area contributed by atoms with Gasteiger partial charge in [-0.15, -0.1) is 4.83 Å². The molecule has 1 aromatic heterocycles. The average molecular weight is 425 g/mol. The summed E-state index contributed by atoms with van der Waals surface area (Å²) in [4.78, 5) is 11.5. The van der Waals surface area contributed by atoms with E-state index in [1.54, 1.807) is 37.3 Å². The molecule has 2 N–H and O–H groups in total. The minimum absolute atomic E-state index is 0.121. The molecule has 0 fully saturated rings. The molecule has 0 saturated carbocycles. The second-order valence-electron chi connectivity index (χ2n) is 6.42. The van der Waals surface area contributed by atoms with Crippen molar-refractivity contribution in [2.45, 2.75) is 11.8 Å². The van der Waals surface area contributed by atoms with Crippen molar-refractivity contribution < 1.29 is 8.42 Å². The zero-order valence-electron chi connectivity index (χ0n) is 15.4. The maximum atomic E-state index is 12.6. The Kier molecular flexibility index (Phi) is 5.19. The van der Waals surface area contributed by atoms with Crippen molar-refractivity contribution in [3.05, 3.63) is 83.4 Å². The van der Waals surface area contributed by atoms with Gasteiger partial charge in [0.15, 0.2) is 0 Å². The van der Waals surface area contributed by atoms with Gasteiger partial charge in [-0.2, -0.15) is 0 Å². The number of fused-ring (bicyclic) bond motifs is 1. The van der Waals surface area contributed by atoms with Crippen LogP contribution in [0.1, 0.15) is 5.56 Å². The van der Waals surface area contributed by atoms with Crippen molar-refractivity contribution in [2.24, 2.45) is 0 Å². The summed E-state index contributed by atoms with van der Waals surface area (Å²) < 4.78 is 25.3. The zero-order chi connectivity index (χ0) is 20.4. The zero-order valence-corrected chi connectivity index (χ0v) is 17.0. The van der Waals surface area contributed by atoms with Crippen LogP contribution in [0.4, 0.5) is 5.95 Å². The van der Waals surface area contributed by atoms with Crippen molar-refractivity contribution >= 4 is 38.5 Å². The molecule has 0 spiro atoms. The second kappa shape index (κ2) is 7.79. The summed E-state index contributed by atoms with van der Waals surface area (Å²) in [6, 6.07) is 21.6. The third kappa shape index (κ3) is 4.07. The van der Waals surface area contributed by atoms with Crippen LogP contribution in [-0.4, -0.2) is 18.4 Å². The van der Waals surface area contributed by atoms with Crippen molar-refractivity contribution in [3.8, 4) is 11.3 Å². The third-order valence-corrected chi connectivity index (χ3v) is 6.03. The van der Waals surface area contributed by atoms with E-state index in [0.717, 1.165) is 10.9 Å². The van der Waals surface area contributed by atoms with E-state index in [1.165, 1.54) is 6.07 Å². The lowest BCUT2D eigenvalue weighted by atomic mass is 10.1. The van der Waals surface area contributed by atoms with Gasteiger partial charge in [0.25, 0.3) is 10.0 Å². The number of hydrogen-bond donors (Lipinski definition) is 2. The molecular weight excluding hydrogens is 408 g/mol. The summed E-state index contributed by atoms with van der Waals surface area (Å²) in [6.07, 6.45) is 0. The molecule has 0 aliphatic carbocycles. The van der Waals surface area contributed by atoms with E-state index < -0.39 is 10.0 Å². The number of anilines is 1. The molecule has 0 atom stereocenters. The van der Waals surface area contributed by atoms with Gasteiger partial charge in [-0.25, -0.2) is 18.4 Å². The van der Waals surface area contributed by atoms with Crippen LogP contribution in [0.25, 0.3) is 22.2 Å². The van der Waals surface area contributed by atoms with Gasteiger partial charge < -0.3 is 0 Å². The van der Waals surface area contributed by atoms with Gasteiger partial charge >= 0.3 is 0 Å². The van der Waals surface area contributed by atoms with Gasteiger partial charge in [0.2, 0.25) is 5.95 Å². The number of nitrogens with one attached hydrogen (secondary N) is 2. The highest BCUT2D eigenvalue weighted by Crippen LogP contribution is 2.29. The summed E-state index contributed by atoms with van der Waals surface area (Å²) in [5, 5.41) is 1.34. The first-order valence-corrected chi connectivity index (χ1v) is 10.7. The predicted molar refractivity (Wildman–Crippen MR) is 115 cm³/mol. The largest absolute Gasteiger partial charge is 0.276 e. The number of rotatable bonds is 5. The Morgan fingerprint density at radius 3 is 2.38 bits per heavy atom. The maximum absolute atomic E-state index is 12.6. The van der Waals surface area contributed by atoms with Gasteiger partial charge in [-0.3, -0.25) is 5.43 Å². The van der Waals surface area contributed by atoms with Crippen LogP contribution in [0, 0.1) is 6.92 Å². The van der Waals surface area contributed by atoms with Crippen molar-refractivity contribution in [2.75, 3.05) is 5.43 Å². The molecule has 6 nitrogen and oxygen atoms in total. The predicted octanol–water partition coefficient (Wildman–Crippen LogP) is 4.56. The molecule has 4 rings (SSSR count). The Balaban J connectivity index is 1.74. The number of nitrogens with zero attached hydrogens (tertiary/aromatic N) is 2. The Hall–Kier alpha value is -3.00. The Labute approximate surface area is 173 Å². The van der Waals surface area contributed by atoms with E-state index in [2.05, 4.69) is 20.2 Å². The molecule has 3 aromatic carbocycles. The highest BCUT2D eigenvalue weighted by Gasteiger charge is 2.17. The average Bonchev–Trinajstić information content (AvgIpc) is 2.72. The van der Waals surface area contributed by atoms with Gasteiger partial charge in [0, 0.05) is 16.0 Å². The van der Waals surface area contributed by atoms with Gasteiger partial charge in [0.05, 0.1) is 16.1 Å². The highest BCUT2D eigenvalue weighted by atomic mass is 35.5. The van der Waals surface area contributed by atoms with E-state index in [-0.39, 0.29) is 10.8 Å². The summed E-state index contributed by atoms with van der Waals surface area (Å²) in [5.74, 6) is 0.121. The molecule has 8 heteroatoms. The van der Waals surface area contributed by atoms with E-state index in [0.29, 0.717) is 21.8 Å². The molecule has 0 amide bonds. The molecule has 29 heavy (non-hydrogen) atoms. The van der Waals surface area contributed by atoms with Gasteiger partial charge in [-0.05, 0) is 36.8 Å². The van der Waals surface area contributed by atoms with E-state index >= 15 is 0 Å². The summed E-state index contributed by atoms with van der Waals surface area (Å²) >= 11 is 6.12. The molecule has 0 aliphatic rings. The smallest absolute Gasteiger partial charge is 0.257 e. The number of aryl methyl sites for hydroxylation is 1.